The highest BCUT2D eigenvalue weighted by Gasteiger charge is 2.56. The van der Waals surface area contributed by atoms with Crippen molar-refractivity contribution in [2.75, 3.05) is 20.3 Å². The number of aliphatic hydroxyl groups excluding tert-OH is 3. The van der Waals surface area contributed by atoms with E-state index in [0.717, 1.165) is 30.4 Å². The predicted molar refractivity (Wildman–Crippen MR) is 142 cm³/mol. The molecule has 0 aromatic heterocycles. The maximum atomic E-state index is 12.0. The van der Waals surface area contributed by atoms with Gasteiger partial charge in [-0.1, -0.05) is 39.3 Å². The van der Waals surface area contributed by atoms with Gasteiger partial charge in [-0.15, -0.1) is 0 Å². The topological polar surface area (TPSA) is 127 Å². The maximum Gasteiger partial charge on any atom is 0.187 e. The molecule has 0 unspecified atom stereocenters. The molecule has 4 N–H and O–H groups in total. The Morgan fingerprint density at radius 3 is 2.46 bits per heavy atom. The van der Waals surface area contributed by atoms with Gasteiger partial charge in [0.1, 0.15) is 36.1 Å². The zero-order valence-corrected chi connectivity index (χ0v) is 24.4. The van der Waals surface area contributed by atoms with E-state index < -0.39 is 59.7 Å². The van der Waals surface area contributed by atoms with Crippen LogP contribution in [0.3, 0.4) is 0 Å². The van der Waals surface area contributed by atoms with Crippen LogP contribution < -0.4 is 0 Å². The zero-order chi connectivity index (χ0) is 28.5. The van der Waals surface area contributed by atoms with Crippen LogP contribution in [-0.2, 0) is 23.7 Å². The number of allylic oxidation sites excluding steroid dienone is 2. The molecule has 0 amide bonds. The lowest BCUT2D eigenvalue weighted by atomic mass is 9.68. The van der Waals surface area contributed by atoms with Crippen LogP contribution >= 0.6 is 0 Å². The molecule has 3 fully saturated rings. The van der Waals surface area contributed by atoms with Gasteiger partial charge in [-0.3, -0.25) is 0 Å². The van der Waals surface area contributed by atoms with E-state index in [0.29, 0.717) is 6.42 Å². The highest BCUT2D eigenvalue weighted by molar-refractivity contribution is 5.42. The lowest BCUT2D eigenvalue weighted by Crippen LogP contribution is -2.65. The van der Waals surface area contributed by atoms with Crippen molar-refractivity contribution in [2.45, 2.75) is 122 Å². The van der Waals surface area contributed by atoms with Gasteiger partial charge in [0.2, 0.25) is 0 Å². The van der Waals surface area contributed by atoms with Crippen LogP contribution in [0.5, 0.6) is 0 Å². The molecule has 39 heavy (non-hydrogen) atoms. The highest BCUT2D eigenvalue weighted by atomic mass is 16.8. The first-order valence-electron chi connectivity index (χ1n) is 14.6. The van der Waals surface area contributed by atoms with Gasteiger partial charge in [-0.25, -0.2) is 0 Å². The Hall–Kier alpha value is -0.880. The molecule has 3 aliphatic carbocycles. The SMILES string of the molecule is COC[C@@]1(O)CC[C@@H]2/C1=C\[C@@]1(C)CCC(C(C)C)=C1[C@@H](O[C@H]1O[C@@H]3COC(C)(C)O[C@H]3[C@H](O)[C@H]1O)[C@H](O)[C@@H]2C. The lowest BCUT2D eigenvalue weighted by molar-refractivity contribution is -0.387. The normalized spacial score (nSPS) is 49.1. The van der Waals surface area contributed by atoms with Gasteiger partial charge in [0.25, 0.3) is 0 Å². The third kappa shape index (κ3) is 5.06. The minimum atomic E-state index is -1.37. The average molecular weight is 553 g/mol. The molecular formula is C30H48O9. The molecular weight excluding hydrogens is 504 g/mol. The van der Waals surface area contributed by atoms with E-state index in [-0.39, 0.29) is 31.0 Å². The first-order chi connectivity index (χ1) is 18.2. The predicted octanol–water partition coefficient (Wildman–Crippen LogP) is 2.45. The summed E-state index contributed by atoms with van der Waals surface area (Å²) in [5.41, 5.74) is 1.62. The molecule has 0 aromatic carbocycles. The second kappa shape index (κ2) is 10.4. The Morgan fingerprint density at radius 1 is 1.08 bits per heavy atom. The zero-order valence-electron chi connectivity index (χ0n) is 24.4. The number of ether oxygens (including phenoxy) is 5. The molecule has 0 spiro atoms. The van der Waals surface area contributed by atoms with E-state index in [2.05, 4.69) is 26.8 Å². The Labute approximate surface area is 232 Å². The summed E-state index contributed by atoms with van der Waals surface area (Å²) in [7, 11) is 1.61. The number of fused-ring (bicyclic) bond motifs is 3. The highest BCUT2D eigenvalue weighted by Crippen LogP contribution is 2.56. The van der Waals surface area contributed by atoms with Gasteiger partial charge in [-0.05, 0) is 68.4 Å². The first-order valence-corrected chi connectivity index (χ1v) is 14.6. The number of methoxy groups -OCH3 is 1. The first kappa shape index (κ1) is 29.6. The summed E-state index contributed by atoms with van der Waals surface area (Å²) in [4.78, 5) is 0. The van der Waals surface area contributed by atoms with Crippen LogP contribution in [0.25, 0.3) is 0 Å². The van der Waals surface area contributed by atoms with Crippen LogP contribution in [-0.4, -0.2) is 95.1 Å². The number of hydrogen-bond acceptors (Lipinski definition) is 9. The monoisotopic (exact) mass is 552 g/mol. The van der Waals surface area contributed by atoms with Gasteiger partial charge in [0.05, 0.1) is 19.3 Å². The summed E-state index contributed by atoms with van der Waals surface area (Å²) in [5.74, 6) is -0.955. The Balaban J connectivity index is 1.53. The molecule has 0 radical (unpaired) electrons. The summed E-state index contributed by atoms with van der Waals surface area (Å²) in [5, 5.41) is 45.8. The molecule has 0 aromatic rings. The van der Waals surface area contributed by atoms with E-state index in [1.54, 1.807) is 21.0 Å². The van der Waals surface area contributed by atoms with Gasteiger partial charge in [-0.2, -0.15) is 0 Å². The van der Waals surface area contributed by atoms with Crippen molar-refractivity contribution in [1.29, 1.82) is 0 Å². The molecule has 1 saturated carbocycles. The smallest absolute Gasteiger partial charge is 0.187 e. The molecule has 9 nitrogen and oxygen atoms in total. The molecule has 2 saturated heterocycles. The maximum absolute atomic E-state index is 12.0. The molecule has 5 rings (SSSR count). The van der Waals surface area contributed by atoms with Gasteiger partial charge in [0, 0.05) is 12.5 Å². The van der Waals surface area contributed by atoms with Crippen molar-refractivity contribution in [3.8, 4) is 0 Å². The number of rotatable bonds is 5. The minimum Gasteiger partial charge on any atom is -0.390 e. The van der Waals surface area contributed by atoms with Crippen molar-refractivity contribution in [1.82, 2.24) is 0 Å². The molecule has 9 heteroatoms. The number of aliphatic hydroxyl groups is 4. The summed E-state index contributed by atoms with van der Waals surface area (Å²) in [6, 6.07) is 0. The molecule has 222 valence electrons. The fraction of sp³-hybridized carbons (Fsp3) is 0.867. The largest absolute Gasteiger partial charge is 0.390 e. The van der Waals surface area contributed by atoms with Crippen molar-refractivity contribution < 1.29 is 44.1 Å². The van der Waals surface area contributed by atoms with E-state index in [9.17, 15) is 20.4 Å². The molecule has 11 atom stereocenters. The average Bonchev–Trinajstić information content (AvgIpc) is 3.36. The summed E-state index contributed by atoms with van der Waals surface area (Å²) in [6.45, 7) is 12.4. The molecule has 5 aliphatic rings. The van der Waals surface area contributed by atoms with E-state index in [1.807, 2.05) is 6.92 Å². The van der Waals surface area contributed by atoms with E-state index in [1.165, 1.54) is 5.57 Å². The van der Waals surface area contributed by atoms with E-state index in [4.69, 9.17) is 23.7 Å². The third-order valence-electron chi connectivity index (χ3n) is 9.94. The second-order valence-electron chi connectivity index (χ2n) is 13.4. The fourth-order valence-electron chi connectivity index (χ4n) is 7.77. The second-order valence-corrected chi connectivity index (χ2v) is 13.4. The van der Waals surface area contributed by atoms with Crippen molar-refractivity contribution in [2.24, 2.45) is 23.2 Å². The summed E-state index contributed by atoms with van der Waals surface area (Å²) < 4.78 is 29.8. The van der Waals surface area contributed by atoms with Crippen molar-refractivity contribution >= 4 is 0 Å². The summed E-state index contributed by atoms with van der Waals surface area (Å²) in [6.07, 6.45) is -1.64. The quantitative estimate of drug-likeness (QED) is 0.381. The molecule has 2 aliphatic heterocycles. The van der Waals surface area contributed by atoms with Gasteiger partial charge >= 0.3 is 0 Å². The van der Waals surface area contributed by atoms with Crippen molar-refractivity contribution in [3.63, 3.8) is 0 Å². The van der Waals surface area contributed by atoms with Gasteiger partial charge < -0.3 is 44.1 Å². The van der Waals surface area contributed by atoms with Crippen molar-refractivity contribution in [3.05, 3.63) is 22.8 Å². The Kier molecular flexibility index (Phi) is 7.92. The van der Waals surface area contributed by atoms with Gasteiger partial charge in [0.15, 0.2) is 12.1 Å². The van der Waals surface area contributed by atoms with Crippen LogP contribution in [0.2, 0.25) is 0 Å². The van der Waals surface area contributed by atoms with E-state index >= 15 is 0 Å². The van der Waals surface area contributed by atoms with Crippen LogP contribution in [0.1, 0.15) is 67.2 Å². The summed E-state index contributed by atoms with van der Waals surface area (Å²) >= 11 is 0. The molecule has 2 heterocycles. The van der Waals surface area contributed by atoms with Crippen LogP contribution in [0.15, 0.2) is 22.8 Å². The Morgan fingerprint density at radius 2 is 1.79 bits per heavy atom. The van der Waals surface area contributed by atoms with Crippen LogP contribution in [0, 0.1) is 23.2 Å². The fourth-order valence-corrected chi connectivity index (χ4v) is 7.77. The third-order valence-corrected chi connectivity index (χ3v) is 9.94. The van der Waals surface area contributed by atoms with Crippen LogP contribution in [0.4, 0.5) is 0 Å². The lowest BCUT2D eigenvalue weighted by Gasteiger charge is -2.50. The number of hydrogen-bond donors (Lipinski definition) is 4. The molecule has 0 bridgehead atoms. The Bertz CT molecular complexity index is 989. The minimum absolute atomic E-state index is 0.0396. The standard InChI is InChI=1S/C30H48O9/c1-15(2)17-8-10-29(6)12-19-18(9-11-30(19,34)14-35-7)16(3)22(31)26(21(17)29)38-27-24(33)23(32)25-20(37-27)13-36-28(4,5)39-25/h12,15-16,18,20,22-27,31-34H,8-11,13-14H2,1-7H3/b19-12+/t16-,18+,20-,22-,23-,24-,25-,26-,27-,29-,30+/m1/s1.